The Labute approximate surface area is 272 Å². The molecule has 8 aromatic rings. The lowest BCUT2D eigenvalue weighted by molar-refractivity contribution is 0.0996. The minimum Gasteiger partial charge on any atom is -0.287 e. The van der Waals surface area contributed by atoms with Crippen LogP contribution in [0.3, 0.4) is 0 Å². The van der Waals surface area contributed by atoms with Crippen molar-refractivity contribution in [1.82, 2.24) is 19.9 Å². The number of aromatic nitrogens is 4. The third-order valence-corrected chi connectivity index (χ3v) is 10.3. The summed E-state index contributed by atoms with van der Waals surface area (Å²) in [6.45, 7) is 3.85. The molecule has 0 fully saturated rings. The van der Waals surface area contributed by atoms with Crippen LogP contribution in [0.4, 0.5) is 0 Å². The third-order valence-electron chi connectivity index (χ3n) is 8.12. The summed E-state index contributed by atoms with van der Waals surface area (Å²) in [4.78, 5) is 52.0. The highest BCUT2D eigenvalue weighted by Crippen LogP contribution is 2.37. The molecule has 5 aromatic heterocycles. The third kappa shape index (κ3) is 4.62. The van der Waals surface area contributed by atoms with Crippen molar-refractivity contribution in [2.45, 2.75) is 13.8 Å². The first kappa shape index (κ1) is 28.1. The quantitative estimate of drug-likeness (QED) is 0.134. The number of ketones is 2. The number of thiophene rings is 2. The van der Waals surface area contributed by atoms with Gasteiger partial charge in [0.25, 0.3) is 0 Å². The zero-order chi connectivity index (χ0) is 31.4. The van der Waals surface area contributed by atoms with E-state index in [0.717, 1.165) is 30.6 Å². The van der Waals surface area contributed by atoms with Crippen LogP contribution in [0.15, 0.2) is 109 Å². The van der Waals surface area contributed by atoms with E-state index in [1.807, 2.05) is 111 Å². The van der Waals surface area contributed by atoms with Crippen LogP contribution >= 0.6 is 22.7 Å². The van der Waals surface area contributed by atoms with Crippen molar-refractivity contribution < 1.29 is 9.59 Å². The zero-order valence-electron chi connectivity index (χ0n) is 24.8. The van der Waals surface area contributed by atoms with Gasteiger partial charge in [-0.25, -0.2) is 9.97 Å². The first-order chi connectivity index (χ1) is 22.5. The van der Waals surface area contributed by atoms with Gasteiger partial charge in [-0.3, -0.25) is 19.6 Å². The highest BCUT2D eigenvalue weighted by Gasteiger charge is 2.29. The normalized spacial score (nSPS) is 11.4. The van der Waals surface area contributed by atoms with Crippen LogP contribution in [0.1, 0.15) is 41.9 Å². The second-order valence-electron chi connectivity index (χ2n) is 11.0. The van der Waals surface area contributed by atoms with E-state index in [2.05, 4.69) is 9.97 Å². The van der Waals surface area contributed by atoms with Gasteiger partial charge in [0.05, 0.1) is 22.1 Å². The van der Waals surface area contributed by atoms with Gasteiger partial charge in [0.2, 0.25) is 11.6 Å². The van der Waals surface area contributed by atoms with Gasteiger partial charge in [0.1, 0.15) is 11.4 Å². The Morgan fingerprint density at radius 2 is 0.935 bits per heavy atom. The van der Waals surface area contributed by atoms with Gasteiger partial charge in [-0.2, -0.15) is 0 Å². The molecule has 0 atom stereocenters. The van der Waals surface area contributed by atoms with Gasteiger partial charge in [0, 0.05) is 53.8 Å². The van der Waals surface area contributed by atoms with Crippen LogP contribution in [0.25, 0.3) is 53.7 Å². The topological polar surface area (TPSA) is 85.7 Å². The average molecular weight is 633 g/mol. The standard InChI is InChI=1S/C38H24N4O2S2/c1-21-27(19-29(45-21)23-11-5-3-6-12-23)37(43)35-36(38(44)28-20-30(46-22(28)2)24-13-7-4-8-14-24)42-34-26-16-10-18-40-32(26)31-25(33(34)41-35)15-9-17-39-31/h3-20H,1-2H3. The summed E-state index contributed by atoms with van der Waals surface area (Å²) >= 11 is 3.08. The lowest BCUT2D eigenvalue weighted by atomic mass is 9.99. The number of hydrogen-bond donors (Lipinski definition) is 0. The number of carbonyl (C=O) groups is 2. The Morgan fingerprint density at radius 3 is 1.35 bits per heavy atom. The molecule has 0 amide bonds. The summed E-state index contributed by atoms with van der Waals surface area (Å²) in [6, 6.07) is 31.2. The second-order valence-corrected chi connectivity index (χ2v) is 13.5. The number of pyridine rings is 2. The van der Waals surface area contributed by atoms with Crippen LogP contribution in [0.2, 0.25) is 0 Å². The van der Waals surface area contributed by atoms with Crippen molar-refractivity contribution >= 4 is 67.1 Å². The van der Waals surface area contributed by atoms with Gasteiger partial charge in [-0.15, -0.1) is 22.7 Å². The first-order valence-electron chi connectivity index (χ1n) is 14.7. The molecule has 8 rings (SSSR count). The molecule has 0 aliphatic rings. The number of carbonyl (C=O) groups excluding carboxylic acids is 2. The SMILES string of the molecule is Cc1sc(-c2ccccc2)cc1C(=O)c1nc2c3cccnc3c3ncccc3c2nc1C(=O)c1cc(-c2ccccc2)sc1C. The molecule has 0 saturated carbocycles. The summed E-state index contributed by atoms with van der Waals surface area (Å²) in [7, 11) is 0. The fraction of sp³-hybridized carbons (Fsp3) is 0.0526. The Balaban J connectivity index is 1.38. The lowest BCUT2D eigenvalue weighted by Gasteiger charge is -2.12. The monoisotopic (exact) mass is 632 g/mol. The molecule has 220 valence electrons. The molecule has 0 saturated heterocycles. The van der Waals surface area contributed by atoms with Crippen molar-refractivity contribution in [3.63, 3.8) is 0 Å². The summed E-state index contributed by atoms with van der Waals surface area (Å²) in [5, 5.41) is 1.43. The fourth-order valence-corrected chi connectivity index (χ4v) is 7.90. The van der Waals surface area contributed by atoms with E-state index in [0.29, 0.717) is 44.0 Å². The Hall–Kier alpha value is -5.44. The summed E-state index contributed by atoms with van der Waals surface area (Å²) in [6.07, 6.45) is 3.42. The summed E-state index contributed by atoms with van der Waals surface area (Å²) in [5.74, 6) is -0.679. The van der Waals surface area contributed by atoms with Crippen LogP contribution in [0, 0.1) is 13.8 Å². The van der Waals surface area contributed by atoms with Gasteiger partial charge < -0.3 is 0 Å². The van der Waals surface area contributed by atoms with E-state index in [4.69, 9.17) is 9.97 Å². The van der Waals surface area contributed by atoms with E-state index < -0.39 is 0 Å². The largest absolute Gasteiger partial charge is 0.287 e. The number of benzene rings is 3. The van der Waals surface area contributed by atoms with Gasteiger partial charge in [-0.1, -0.05) is 60.7 Å². The van der Waals surface area contributed by atoms with E-state index in [1.165, 1.54) is 0 Å². The Kier molecular flexibility index (Phi) is 6.82. The number of aryl methyl sites for hydroxylation is 2. The maximum Gasteiger partial charge on any atom is 0.214 e. The molecule has 0 N–H and O–H groups in total. The average Bonchev–Trinajstić information content (AvgIpc) is 3.70. The molecule has 46 heavy (non-hydrogen) atoms. The number of nitrogens with zero attached hydrogens (tertiary/aromatic N) is 4. The van der Waals surface area contributed by atoms with E-state index in [1.54, 1.807) is 35.1 Å². The maximum absolute atomic E-state index is 14.5. The highest BCUT2D eigenvalue weighted by atomic mass is 32.1. The highest BCUT2D eigenvalue weighted by molar-refractivity contribution is 7.16. The fourth-order valence-electron chi connectivity index (χ4n) is 5.86. The van der Waals surface area contributed by atoms with Crippen LogP contribution < -0.4 is 0 Å². The molecule has 6 nitrogen and oxygen atoms in total. The number of hydrogen-bond acceptors (Lipinski definition) is 8. The Bertz CT molecular complexity index is 2310. The molecule has 0 unspecified atom stereocenters. The van der Waals surface area contributed by atoms with Crippen LogP contribution in [-0.2, 0) is 0 Å². The molecule has 3 aromatic carbocycles. The van der Waals surface area contributed by atoms with Crippen molar-refractivity contribution in [3.8, 4) is 20.9 Å². The maximum atomic E-state index is 14.5. The van der Waals surface area contributed by atoms with Gasteiger partial charge >= 0.3 is 0 Å². The Morgan fingerprint density at radius 1 is 0.522 bits per heavy atom. The molecule has 0 spiro atoms. The molecular weight excluding hydrogens is 609 g/mol. The minimum absolute atomic E-state index is 0.0262. The predicted octanol–water partition coefficient (Wildman–Crippen LogP) is 9.26. The molecule has 0 aliphatic heterocycles. The molecule has 5 heterocycles. The van der Waals surface area contributed by atoms with Crippen molar-refractivity contribution in [2.75, 3.05) is 0 Å². The lowest BCUT2D eigenvalue weighted by Crippen LogP contribution is -2.16. The van der Waals surface area contributed by atoms with Crippen LogP contribution in [-0.4, -0.2) is 31.5 Å². The van der Waals surface area contributed by atoms with Crippen molar-refractivity contribution in [3.05, 3.63) is 142 Å². The smallest absolute Gasteiger partial charge is 0.214 e. The zero-order valence-corrected chi connectivity index (χ0v) is 26.4. The van der Waals surface area contributed by atoms with Crippen molar-refractivity contribution in [2.24, 2.45) is 0 Å². The van der Waals surface area contributed by atoms with E-state index in [-0.39, 0.29) is 23.0 Å². The van der Waals surface area contributed by atoms with E-state index >= 15 is 0 Å². The summed E-state index contributed by atoms with van der Waals surface area (Å²) in [5.41, 5.74) is 5.44. The van der Waals surface area contributed by atoms with Crippen molar-refractivity contribution in [1.29, 1.82) is 0 Å². The predicted molar refractivity (Wildman–Crippen MR) is 186 cm³/mol. The van der Waals surface area contributed by atoms with Gasteiger partial charge in [-0.05, 0) is 61.4 Å². The minimum atomic E-state index is -0.340. The molecule has 0 bridgehead atoms. The number of rotatable bonds is 6. The number of fused-ring (bicyclic) bond motifs is 6. The second kappa shape index (κ2) is 11.2. The summed E-state index contributed by atoms with van der Waals surface area (Å²) < 4.78 is 0. The van der Waals surface area contributed by atoms with Gasteiger partial charge in [0.15, 0.2) is 0 Å². The molecule has 0 aliphatic carbocycles. The van der Waals surface area contributed by atoms with Crippen LogP contribution in [0.5, 0.6) is 0 Å². The van der Waals surface area contributed by atoms with E-state index in [9.17, 15) is 9.59 Å². The molecule has 0 radical (unpaired) electrons. The molecular formula is C38H24N4O2S2. The first-order valence-corrected chi connectivity index (χ1v) is 16.4. The molecule has 8 heteroatoms.